The van der Waals surface area contributed by atoms with Gasteiger partial charge in [0.25, 0.3) is 5.91 Å². The van der Waals surface area contributed by atoms with Crippen molar-refractivity contribution in [3.05, 3.63) is 66.1 Å². The van der Waals surface area contributed by atoms with Gasteiger partial charge in [-0.05, 0) is 18.2 Å². The summed E-state index contributed by atoms with van der Waals surface area (Å²) in [4.78, 5) is 24.5. The van der Waals surface area contributed by atoms with E-state index in [0.717, 1.165) is 0 Å². The fraction of sp³-hybridized carbons (Fsp3) is 0.190. The molecule has 1 aromatic carbocycles. The molecule has 0 bridgehead atoms. The Morgan fingerprint density at radius 1 is 1.19 bits per heavy atom. The number of fused-ring (bicyclic) bond motifs is 1. The number of hydrogen-bond acceptors (Lipinski definition) is 6. The third kappa shape index (κ3) is 3.25. The van der Waals surface area contributed by atoms with Gasteiger partial charge in [-0.25, -0.2) is 18.7 Å². The van der Waals surface area contributed by atoms with Gasteiger partial charge in [0.2, 0.25) is 5.95 Å². The minimum Gasteiger partial charge on any atom is -0.364 e. The number of carbonyl (C=O) groups excluding carboxylic acids is 1. The van der Waals surface area contributed by atoms with Crippen LogP contribution >= 0.6 is 0 Å². The zero-order valence-corrected chi connectivity index (χ0v) is 16.1. The van der Waals surface area contributed by atoms with Gasteiger partial charge < -0.3 is 11.1 Å². The Morgan fingerprint density at radius 2 is 1.97 bits per heavy atom. The Bertz CT molecular complexity index is 1270. The fourth-order valence-electron chi connectivity index (χ4n) is 3.91. The number of alkyl halides is 1. The molecule has 1 amide bonds. The predicted molar refractivity (Wildman–Crippen MR) is 109 cm³/mol. The number of nitrogens with zero attached hydrogens (tertiary/aromatic N) is 4. The van der Waals surface area contributed by atoms with Crippen molar-refractivity contribution < 1.29 is 13.6 Å². The molecule has 0 spiro atoms. The lowest BCUT2D eigenvalue weighted by atomic mass is 9.72. The Morgan fingerprint density at radius 3 is 2.61 bits per heavy atom. The highest BCUT2D eigenvalue weighted by molar-refractivity contribution is 6.04. The van der Waals surface area contributed by atoms with Crippen molar-refractivity contribution in [2.24, 2.45) is 5.73 Å². The summed E-state index contributed by atoms with van der Waals surface area (Å²) in [6.45, 7) is 0. The van der Waals surface area contributed by atoms with Crippen molar-refractivity contribution in [3.63, 3.8) is 0 Å². The minimum absolute atomic E-state index is 0.0264. The van der Waals surface area contributed by atoms with Gasteiger partial charge in [0.15, 0.2) is 5.69 Å². The molecule has 4 N–H and O–H groups in total. The number of halogens is 2. The van der Waals surface area contributed by atoms with Crippen molar-refractivity contribution in [2.45, 2.75) is 24.6 Å². The first-order valence-corrected chi connectivity index (χ1v) is 9.59. The molecule has 0 atom stereocenters. The van der Waals surface area contributed by atoms with Crippen LogP contribution in [-0.2, 0) is 5.54 Å². The van der Waals surface area contributed by atoms with Crippen molar-refractivity contribution in [3.8, 4) is 11.1 Å². The van der Waals surface area contributed by atoms with Crippen LogP contribution in [0.3, 0.4) is 0 Å². The molecule has 4 aromatic rings. The third-order valence-corrected chi connectivity index (χ3v) is 5.49. The van der Waals surface area contributed by atoms with Gasteiger partial charge in [0.1, 0.15) is 12.0 Å². The van der Waals surface area contributed by atoms with Gasteiger partial charge >= 0.3 is 0 Å². The minimum atomic E-state index is -0.927. The molecule has 1 aliphatic rings. The number of amides is 1. The van der Waals surface area contributed by atoms with Gasteiger partial charge in [0, 0.05) is 54.0 Å². The lowest BCUT2D eigenvalue weighted by molar-refractivity contribution is 0.0997. The van der Waals surface area contributed by atoms with Crippen molar-refractivity contribution in [1.29, 1.82) is 0 Å². The summed E-state index contributed by atoms with van der Waals surface area (Å²) in [5.74, 6) is -0.962. The van der Waals surface area contributed by atoms with Crippen LogP contribution in [-0.4, -0.2) is 37.2 Å². The van der Waals surface area contributed by atoms with E-state index in [4.69, 9.17) is 5.73 Å². The van der Waals surface area contributed by atoms with Crippen LogP contribution in [0.25, 0.3) is 22.0 Å². The topological polar surface area (TPSA) is 122 Å². The Hall–Kier alpha value is -3.95. The molecule has 31 heavy (non-hydrogen) atoms. The van der Waals surface area contributed by atoms with E-state index < -0.39 is 23.4 Å². The normalized spacial score (nSPS) is 20.4. The zero-order valence-electron chi connectivity index (χ0n) is 16.1. The van der Waals surface area contributed by atoms with Gasteiger partial charge in [-0.3, -0.25) is 14.9 Å². The van der Waals surface area contributed by atoms with Crippen molar-refractivity contribution in [1.82, 2.24) is 25.1 Å². The maximum atomic E-state index is 14.6. The number of pyridine rings is 1. The SMILES string of the molecule is NC(=O)c1n[nH]c2cc(F)c(-c3cnc(NC4(c5ccccn5)CC(F)C4)nc3)cc12. The number of hydrogen-bond donors (Lipinski definition) is 3. The summed E-state index contributed by atoms with van der Waals surface area (Å²) >= 11 is 0. The van der Waals surface area contributed by atoms with Crippen LogP contribution in [0, 0.1) is 5.82 Å². The summed E-state index contributed by atoms with van der Waals surface area (Å²) in [6, 6.07) is 8.19. The van der Waals surface area contributed by atoms with E-state index in [-0.39, 0.29) is 30.0 Å². The van der Waals surface area contributed by atoms with E-state index in [1.54, 1.807) is 12.3 Å². The quantitative estimate of drug-likeness (QED) is 0.455. The first-order chi connectivity index (χ1) is 14.9. The van der Waals surface area contributed by atoms with Gasteiger partial charge in [-0.1, -0.05) is 6.07 Å². The van der Waals surface area contributed by atoms with E-state index in [1.165, 1.54) is 24.5 Å². The van der Waals surface area contributed by atoms with Gasteiger partial charge in [-0.15, -0.1) is 0 Å². The molecule has 1 saturated carbocycles. The van der Waals surface area contributed by atoms with E-state index in [1.807, 2.05) is 12.1 Å². The highest BCUT2D eigenvalue weighted by Gasteiger charge is 2.47. The number of anilines is 1. The van der Waals surface area contributed by atoms with Crippen LogP contribution < -0.4 is 11.1 Å². The predicted octanol–water partition coefficient (Wildman–Crippen LogP) is 3.09. The van der Waals surface area contributed by atoms with Crippen molar-refractivity contribution in [2.75, 3.05) is 5.32 Å². The summed E-state index contributed by atoms with van der Waals surface area (Å²) in [7, 11) is 0. The average molecular weight is 421 g/mol. The lowest BCUT2D eigenvalue weighted by Gasteiger charge is -2.44. The number of aromatic amines is 1. The number of nitrogens with two attached hydrogens (primary N) is 1. The molecular weight excluding hydrogens is 404 g/mol. The lowest BCUT2D eigenvalue weighted by Crippen LogP contribution is -2.49. The van der Waals surface area contributed by atoms with Crippen LogP contribution in [0.1, 0.15) is 29.0 Å². The largest absolute Gasteiger partial charge is 0.364 e. The first-order valence-electron chi connectivity index (χ1n) is 9.59. The smallest absolute Gasteiger partial charge is 0.269 e. The maximum absolute atomic E-state index is 14.6. The molecule has 3 aromatic heterocycles. The highest BCUT2D eigenvalue weighted by atomic mass is 19.1. The summed E-state index contributed by atoms with van der Waals surface area (Å²) in [6.07, 6.45) is 4.17. The standard InChI is InChI=1S/C21H17F2N7O/c22-12-7-21(8-12,17-3-1-2-4-25-17)28-20-26-9-11(10-27-20)13-5-14-16(6-15(13)23)29-30-18(14)19(24)31/h1-6,9-10,12H,7-8H2,(H2,24,31)(H,29,30)(H,26,27,28). The number of H-pyrrole nitrogens is 1. The van der Waals surface area contributed by atoms with Crippen LogP contribution in [0.4, 0.5) is 14.7 Å². The monoisotopic (exact) mass is 421 g/mol. The fourth-order valence-corrected chi connectivity index (χ4v) is 3.91. The van der Waals surface area contributed by atoms with Crippen LogP contribution in [0.15, 0.2) is 48.9 Å². The summed E-state index contributed by atoms with van der Waals surface area (Å²) < 4.78 is 28.4. The summed E-state index contributed by atoms with van der Waals surface area (Å²) in [5.41, 5.74) is 6.36. The molecule has 156 valence electrons. The molecule has 0 aliphatic heterocycles. The molecule has 8 nitrogen and oxygen atoms in total. The number of aromatic nitrogens is 5. The van der Waals surface area contributed by atoms with Crippen LogP contribution in [0.2, 0.25) is 0 Å². The number of nitrogens with one attached hydrogen (secondary N) is 2. The van der Waals surface area contributed by atoms with Gasteiger partial charge in [0.05, 0.1) is 16.7 Å². The third-order valence-electron chi connectivity index (χ3n) is 5.49. The Kier molecular flexibility index (Phi) is 4.35. The van der Waals surface area contributed by atoms with Crippen molar-refractivity contribution >= 4 is 22.8 Å². The maximum Gasteiger partial charge on any atom is 0.269 e. The molecule has 5 rings (SSSR count). The molecule has 10 heteroatoms. The zero-order chi connectivity index (χ0) is 21.6. The number of benzene rings is 1. The second kappa shape index (κ2) is 7.08. The van der Waals surface area contributed by atoms with Crippen LogP contribution in [0.5, 0.6) is 0 Å². The first kappa shape index (κ1) is 19.0. The number of rotatable bonds is 5. The molecule has 1 aliphatic carbocycles. The second-order valence-corrected chi connectivity index (χ2v) is 7.54. The molecular formula is C21H17F2N7O. The van der Waals surface area contributed by atoms with E-state index in [0.29, 0.717) is 22.2 Å². The molecule has 0 saturated heterocycles. The summed E-state index contributed by atoms with van der Waals surface area (Å²) in [5, 5.41) is 10.0. The number of primary amides is 1. The second-order valence-electron chi connectivity index (χ2n) is 7.54. The molecule has 0 unspecified atom stereocenters. The molecule has 0 radical (unpaired) electrons. The van der Waals surface area contributed by atoms with E-state index in [2.05, 4.69) is 30.5 Å². The van der Waals surface area contributed by atoms with E-state index >= 15 is 0 Å². The van der Waals surface area contributed by atoms with Gasteiger partial charge in [-0.2, -0.15) is 5.10 Å². The number of carbonyl (C=O) groups is 1. The molecule has 1 fully saturated rings. The average Bonchev–Trinajstić information content (AvgIpc) is 3.16. The highest BCUT2D eigenvalue weighted by Crippen LogP contribution is 2.44. The Balaban J connectivity index is 1.46. The Labute approximate surface area is 174 Å². The van der Waals surface area contributed by atoms with E-state index in [9.17, 15) is 13.6 Å². The molecule has 3 heterocycles.